The third-order valence-electron chi connectivity index (χ3n) is 3.04. The number of carbonyl (C=O) groups is 1. The molecule has 0 radical (unpaired) electrons. The molecule has 0 spiro atoms. The van der Waals surface area contributed by atoms with Gasteiger partial charge in [0.25, 0.3) is 0 Å². The lowest BCUT2D eigenvalue weighted by Crippen LogP contribution is -2.09. The molecule has 0 unspecified atom stereocenters. The van der Waals surface area contributed by atoms with E-state index in [1.807, 2.05) is 12.1 Å². The maximum absolute atomic E-state index is 11.2. The molecule has 0 bridgehead atoms. The van der Waals surface area contributed by atoms with E-state index < -0.39 is 5.97 Å². The van der Waals surface area contributed by atoms with Gasteiger partial charge >= 0.3 is 5.97 Å². The molecule has 0 amide bonds. The predicted octanol–water partition coefficient (Wildman–Crippen LogP) is 4.46. The van der Waals surface area contributed by atoms with Crippen LogP contribution in [0.4, 0.5) is 0 Å². The lowest BCUT2D eigenvalue weighted by Gasteiger charge is -2.21. The molecule has 1 aromatic rings. The second-order valence-electron chi connectivity index (χ2n) is 4.30. The van der Waals surface area contributed by atoms with Gasteiger partial charge in [0, 0.05) is 10.1 Å². The number of carboxylic acids is 1. The Morgan fingerprint density at radius 1 is 1.29 bits per heavy atom. The zero-order valence-corrected chi connectivity index (χ0v) is 11.1. The quantitative estimate of drug-likeness (QED) is 0.881. The molecule has 4 heteroatoms. The average molecular weight is 271 g/mol. The van der Waals surface area contributed by atoms with Gasteiger partial charge in [-0.2, -0.15) is 0 Å². The van der Waals surface area contributed by atoms with Crippen molar-refractivity contribution in [3.8, 4) is 0 Å². The number of halogens is 1. The number of benzene rings is 1. The van der Waals surface area contributed by atoms with Gasteiger partial charge in [0.2, 0.25) is 0 Å². The Bertz CT molecular complexity index is 414. The lowest BCUT2D eigenvalue weighted by molar-refractivity contribution is 0.0693. The number of thioether (sulfide) groups is 1. The van der Waals surface area contributed by atoms with Gasteiger partial charge < -0.3 is 5.11 Å². The Kier molecular flexibility index (Phi) is 4.35. The number of aromatic carboxylic acids is 1. The second kappa shape index (κ2) is 5.78. The van der Waals surface area contributed by atoms with Gasteiger partial charge in [-0.3, -0.25) is 0 Å². The number of hydrogen-bond donors (Lipinski definition) is 1. The number of carboxylic acid groups (broad SMARTS) is 1. The summed E-state index contributed by atoms with van der Waals surface area (Å²) in [5.41, 5.74) is 0.254. The van der Waals surface area contributed by atoms with E-state index >= 15 is 0 Å². The van der Waals surface area contributed by atoms with Gasteiger partial charge in [-0.05, 0) is 25.0 Å². The molecule has 2 rings (SSSR count). The van der Waals surface area contributed by atoms with Crippen LogP contribution in [-0.4, -0.2) is 16.3 Å². The van der Waals surface area contributed by atoms with Crippen molar-refractivity contribution in [3.63, 3.8) is 0 Å². The maximum Gasteiger partial charge on any atom is 0.338 e. The summed E-state index contributed by atoms with van der Waals surface area (Å²) in [6.07, 6.45) is 6.16. The topological polar surface area (TPSA) is 37.3 Å². The Morgan fingerprint density at radius 2 is 2.00 bits per heavy atom. The Morgan fingerprint density at radius 3 is 2.65 bits per heavy atom. The fourth-order valence-electron chi connectivity index (χ4n) is 2.17. The molecule has 1 fully saturated rings. The highest BCUT2D eigenvalue weighted by molar-refractivity contribution is 8.00. The van der Waals surface area contributed by atoms with Gasteiger partial charge in [0.1, 0.15) is 0 Å². The van der Waals surface area contributed by atoms with E-state index in [4.69, 9.17) is 11.6 Å². The van der Waals surface area contributed by atoms with E-state index in [0.29, 0.717) is 10.3 Å². The summed E-state index contributed by atoms with van der Waals surface area (Å²) in [7, 11) is 0. The van der Waals surface area contributed by atoms with E-state index in [-0.39, 0.29) is 5.56 Å². The van der Waals surface area contributed by atoms with Gasteiger partial charge in [-0.1, -0.05) is 36.9 Å². The third-order valence-corrected chi connectivity index (χ3v) is 4.75. The molecule has 2 nitrogen and oxygen atoms in total. The van der Waals surface area contributed by atoms with Gasteiger partial charge in [0.05, 0.1) is 10.6 Å². The summed E-state index contributed by atoms with van der Waals surface area (Å²) >= 11 is 7.62. The standard InChI is InChI=1S/C13H15ClO2S/c14-10-7-4-8-11(12(10)13(15)16)17-9-5-2-1-3-6-9/h4,7-9H,1-3,5-6H2,(H,15,16). The van der Waals surface area contributed by atoms with Crippen LogP contribution < -0.4 is 0 Å². The van der Waals surface area contributed by atoms with Crippen molar-refractivity contribution in [1.82, 2.24) is 0 Å². The SMILES string of the molecule is O=C(O)c1c(Cl)cccc1SC1CCCCC1. The monoisotopic (exact) mass is 270 g/mol. The first kappa shape index (κ1) is 12.8. The van der Waals surface area contributed by atoms with Crippen LogP contribution in [0.5, 0.6) is 0 Å². The number of hydrogen-bond acceptors (Lipinski definition) is 2. The minimum atomic E-state index is -0.936. The normalized spacial score (nSPS) is 17.0. The van der Waals surface area contributed by atoms with Crippen molar-refractivity contribution in [3.05, 3.63) is 28.8 Å². The number of rotatable bonds is 3. The van der Waals surface area contributed by atoms with Crippen molar-refractivity contribution in [2.24, 2.45) is 0 Å². The van der Waals surface area contributed by atoms with Crippen molar-refractivity contribution in [2.45, 2.75) is 42.2 Å². The smallest absolute Gasteiger partial charge is 0.338 e. The Balaban J connectivity index is 2.19. The van der Waals surface area contributed by atoms with Crippen LogP contribution in [0.15, 0.2) is 23.1 Å². The molecule has 1 N–H and O–H groups in total. The summed E-state index contributed by atoms with van der Waals surface area (Å²) < 4.78 is 0. The van der Waals surface area contributed by atoms with Crippen LogP contribution >= 0.6 is 23.4 Å². The van der Waals surface area contributed by atoms with E-state index in [1.54, 1.807) is 17.8 Å². The molecule has 0 heterocycles. The minimum Gasteiger partial charge on any atom is -0.478 e. The fraction of sp³-hybridized carbons (Fsp3) is 0.462. The Labute approximate surface area is 110 Å². The molecule has 1 aliphatic carbocycles. The molecular formula is C13H15ClO2S. The Hall–Kier alpha value is -0.670. The molecule has 0 saturated heterocycles. The van der Waals surface area contributed by atoms with Crippen molar-refractivity contribution >= 4 is 29.3 Å². The molecule has 92 valence electrons. The lowest BCUT2D eigenvalue weighted by atomic mass is 10.0. The van der Waals surface area contributed by atoms with E-state index in [0.717, 1.165) is 4.90 Å². The van der Waals surface area contributed by atoms with Crippen LogP contribution in [0.25, 0.3) is 0 Å². The zero-order valence-electron chi connectivity index (χ0n) is 9.49. The van der Waals surface area contributed by atoms with Crippen molar-refractivity contribution in [1.29, 1.82) is 0 Å². The highest BCUT2D eigenvalue weighted by atomic mass is 35.5. The molecule has 0 atom stereocenters. The summed E-state index contributed by atoms with van der Waals surface area (Å²) in [5, 5.41) is 10.1. The summed E-state index contributed by atoms with van der Waals surface area (Å²) in [4.78, 5) is 12.0. The third kappa shape index (κ3) is 3.17. The van der Waals surface area contributed by atoms with Crippen LogP contribution in [-0.2, 0) is 0 Å². The average Bonchev–Trinajstić information content (AvgIpc) is 2.30. The van der Waals surface area contributed by atoms with Crippen molar-refractivity contribution < 1.29 is 9.90 Å². The van der Waals surface area contributed by atoms with Crippen LogP contribution in [0, 0.1) is 0 Å². The molecule has 1 saturated carbocycles. The highest BCUT2D eigenvalue weighted by Crippen LogP contribution is 2.37. The van der Waals surface area contributed by atoms with E-state index in [1.165, 1.54) is 32.1 Å². The van der Waals surface area contributed by atoms with Crippen LogP contribution in [0.2, 0.25) is 5.02 Å². The second-order valence-corrected chi connectivity index (χ2v) is 6.05. The van der Waals surface area contributed by atoms with E-state index in [9.17, 15) is 9.90 Å². The van der Waals surface area contributed by atoms with Gasteiger partial charge in [-0.25, -0.2) is 4.79 Å². The summed E-state index contributed by atoms with van der Waals surface area (Å²) in [6.45, 7) is 0. The van der Waals surface area contributed by atoms with Gasteiger partial charge in [0.15, 0.2) is 0 Å². The molecule has 1 aromatic carbocycles. The first-order valence-corrected chi connectivity index (χ1v) is 7.12. The predicted molar refractivity (Wildman–Crippen MR) is 71.1 cm³/mol. The first-order valence-electron chi connectivity index (χ1n) is 5.87. The van der Waals surface area contributed by atoms with Crippen LogP contribution in [0.1, 0.15) is 42.5 Å². The van der Waals surface area contributed by atoms with E-state index in [2.05, 4.69) is 0 Å². The molecule has 1 aliphatic rings. The first-order chi connectivity index (χ1) is 8.18. The zero-order chi connectivity index (χ0) is 12.3. The van der Waals surface area contributed by atoms with Crippen LogP contribution in [0.3, 0.4) is 0 Å². The fourth-order valence-corrected chi connectivity index (χ4v) is 3.88. The summed E-state index contributed by atoms with van der Waals surface area (Å²) in [6, 6.07) is 5.31. The molecule has 17 heavy (non-hydrogen) atoms. The largest absolute Gasteiger partial charge is 0.478 e. The van der Waals surface area contributed by atoms with Crippen molar-refractivity contribution in [2.75, 3.05) is 0 Å². The molecule has 0 aromatic heterocycles. The highest BCUT2D eigenvalue weighted by Gasteiger charge is 2.20. The summed E-state index contributed by atoms with van der Waals surface area (Å²) in [5.74, 6) is -0.936. The van der Waals surface area contributed by atoms with Gasteiger partial charge in [-0.15, -0.1) is 11.8 Å². The molecule has 0 aliphatic heterocycles. The molecular weight excluding hydrogens is 256 g/mol. The minimum absolute atomic E-state index is 0.254. The maximum atomic E-state index is 11.2.